The third-order valence-electron chi connectivity index (χ3n) is 2.48. The maximum atomic E-state index is 13.4. The van der Waals surface area contributed by atoms with Crippen LogP contribution in [-0.4, -0.2) is 18.9 Å². The van der Waals surface area contributed by atoms with Gasteiger partial charge in [0.25, 0.3) is 0 Å². The molecule has 0 bridgehead atoms. The summed E-state index contributed by atoms with van der Waals surface area (Å²) in [4.78, 5) is 9.31. The molecule has 0 saturated heterocycles. The zero-order chi connectivity index (χ0) is 15.7. The topological polar surface area (TPSA) is 89.3 Å². The van der Waals surface area contributed by atoms with Gasteiger partial charge in [0, 0.05) is 6.07 Å². The fourth-order valence-corrected chi connectivity index (χ4v) is 3.08. The number of sulfonamides is 1. The van der Waals surface area contributed by atoms with Gasteiger partial charge in [-0.3, -0.25) is 10.1 Å². The molecule has 1 aromatic rings. The van der Waals surface area contributed by atoms with Crippen molar-refractivity contribution in [2.75, 3.05) is 0 Å². The zero-order valence-electron chi connectivity index (χ0n) is 11.1. The van der Waals surface area contributed by atoms with Crippen LogP contribution < -0.4 is 4.72 Å². The Balaban J connectivity index is 3.44. The highest BCUT2D eigenvalue weighted by molar-refractivity contribution is 7.89. The van der Waals surface area contributed by atoms with E-state index in [0.29, 0.717) is 6.07 Å². The summed E-state index contributed by atoms with van der Waals surface area (Å²) in [7, 11) is -4.10. The molecule has 0 aromatic heterocycles. The number of nitro groups is 1. The van der Waals surface area contributed by atoms with Crippen LogP contribution >= 0.6 is 0 Å². The van der Waals surface area contributed by atoms with Gasteiger partial charge in [-0.2, -0.15) is 9.11 Å². The molecule has 0 atom stereocenters. The average molecular weight is 300 g/mol. The van der Waals surface area contributed by atoms with Crippen LogP contribution in [0.1, 0.15) is 19.4 Å². The summed E-state index contributed by atoms with van der Waals surface area (Å²) in [6, 6.07) is 1.48. The second-order valence-corrected chi connectivity index (χ2v) is 6.35. The lowest BCUT2D eigenvalue weighted by Crippen LogP contribution is -2.42. The van der Waals surface area contributed by atoms with Crippen molar-refractivity contribution in [2.45, 2.75) is 31.2 Å². The molecule has 8 heteroatoms. The number of terminal acetylenes is 1. The van der Waals surface area contributed by atoms with Gasteiger partial charge in [-0.1, -0.05) is 5.92 Å². The minimum absolute atomic E-state index is 0.0495. The average Bonchev–Trinajstić information content (AvgIpc) is 2.26. The van der Waals surface area contributed by atoms with E-state index >= 15 is 0 Å². The first-order valence-electron chi connectivity index (χ1n) is 5.46. The van der Waals surface area contributed by atoms with Crippen molar-refractivity contribution in [3.05, 3.63) is 33.6 Å². The van der Waals surface area contributed by atoms with E-state index in [-0.39, 0.29) is 10.5 Å². The highest BCUT2D eigenvalue weighted by Gasteiger charge is 2.28. The normalized spacial score (nSPS) is 11.9. The second kappa shape index (κ2) is 5.19. The molecular weight excluding hydrogens is 287 g/mol. The van der Waals surface area contributed by atoms with Crippen LogP contribution in [0.15, 0.2) is 17.0 Å². The van der Waals surface area contributed by atoms with E-state index in [9.17, 15) is 22.9 Å². The number of nitrogens with zero attached hydrogens (tertiary/aromatic N) is 1. The van der Waals surface area contributed by atoms with Gasteiger partial charge in [-0.05, 0) is 32.4 Å². The molecule has 0 aliphatic rings. The molecule has 108 valence electrons. The maximum absolute atomic E-state index is 13.4. The van der Waals surface area contributed by atoms with E-state index in [0.717, 1.165) is 6.07 Å². The molecule has 0 aliphatic carbocycles. The summed E-state index contributed by atoms with van der Waals surface area (Å²) in [5.41, 5.74) is -2.03. The van der Waals surface area contributed by atoms with E-state index in [1.54, 1.807) is 0 Å². The lowest BCUT2D eigenvalue weighted by molar-refractivity contribution is -0.387. The second-order valence-electron chi connectivity index (χ2n) is 4.70. The summed E-state index contributed by atoms with van der Waals surface area (Å²) in [6.07, 6.45) is 5.19. The highest BCUT2D eigenvalue weighted by Crippen LogP contribution is 2.26. The Morgan fingerprint density at radius 1 is 1.45 bits per heavy atom. The maximum Gasteiger partial charge on any atom is 0.306 e. The quantitative estimate of drug-likeness (QED) is 0.521. The van der Waals surface area contributed by atoms with Crippen LogP contribution in [0.2, 0.25) is 0 Å². The molecule has 20 heavy (non-hydrogen) atoms. The summed E-state index contributed by atoms with van der Waals surface area (Å²) >= 11 is 0. The molecule has 0 fully saturated rings. The molecule has 1 rings (SSSR count). The van der Waals surface area contributed by atoms with Gasteiger partial charge < -0.3 is 0 Å². The van der Waals surface area contributed by atoms with E-state index in [1.165, 1.54) is 20.8 Å². The number of aryl methyl sites for hydroxylation is 1. The number of rotatable bonds is 4. The molecule has 6 nitrogen and oxygen atoms in total. The third kappa shape index (κ3) is 3.31. The van der Waals surface area contributed by atoms with Gasteiger partial charge >= 0.3 is 5.69 Å². The SMILES string of the molecule is C#CC(C)(C)NS(=O)(=O)c1cc([N+](=O)[O-])c(F)cc1C. The van der Waals surface area contributed by atoms with Crippen molar-refractivity contribution in [3.63, 3.8) is 0 Å². The molecule has 0 amide bonds. The Hall–Kier alpha value is -1.98. The Morgan fingerprint density at radius 2 is 2.00 bits per heavy atom. The first kappa shape index (κ1) is 16.1. The Morgan fingerprint density at radius 3 is 2.45 bits per heavy atom. The monoisotopic (exact) mass is 300 g/mol. The number of benzene rings is 1. The van der Waals surface area contributed by atoms with Crippen LogP contribution in [0, 0.1) is 35.2 Å². The lowest BCUT2D eigenvalue weighted by atomic mass is 10.1. The predicted molar refractivity (Wildman–Crippen MR) is 71.0 cm³/mol. The standard InChI is InChI=1S/C12H13FN2O4S/c1-5-12(3,4)14-20(18,19)11-7-10(15(16)17)9(13)6-8(11)2/h1,6-7,14H,2-4H3. The molecule has 0 radical (unpaired) electrons. The molecule has 0 unspecified atom stereocenters. The largest absolute Gasteiger partial charge is 0.306 e. The summed E-state index contributed by atoms with van der Waals surface area (Å²) < 4.78 is 39.9. The minimum atomic E-state index is -4.10. The van der Waals surface area contributed by atoms with Crippen LogP contribution in [0.5, 0.6) is 0 Å². The highest BCUT2D eigenvalue weighted by atomic mass is 32.2. The van der Waals surface area contributed by atoms with E-state index < -0.39 is 32.0 Å². The number of hydrogen-bond acceptors (Lipinski definition) is 4. The number of hydrogen-bond donors (Lipinski definition) is 1. The van der Waals surface area contributed by atoms with Crippen molar-refractivity contribution in [1.29, 1.82) is 0 Å². The van der Waals surface area contributed by atoms with Gasteiger partial charge in [0.2, 0.25) is 15.8 Å². The number of nitrogens with one attached hydrogen (secondary N) is 1. The lowest BCUT2D eigenvalue weighted by Gasteiger charge is -2.20. The van der Waals surface area contributed by atoms with Crippen molar-refractivity contribution in [2.24, 2.45) is 0 Å². The first-order valence-corrected chi connectivity index (χ1v) is 6.95. The van der Waals surface area contributed by atoms with Crippen LogP contribution in [0.25, 0.3) is 0 Å². The van der Waals surface area contributed by atoms with Gasteiger partial charge in [0.15, 0.2) is 0 Å². The van der Waals surface area contributed by atoms with Crippen LogP contribution in [-0.2, 0) is 10.0 Å². The minimum Gasteiger partial charge on any atom is -0.258 e. The molecule has 1 N–H and O–H groups in total. The molecule has 0 aliphatic heterocycles. The molecule has 1 aromatic carbocycles. The van der Waals surface area contributed by atoms with E-state index in [4.69, 9.17) is 6.42 Å². The number of nitro benzene ring substituents is 1. The van der Waals surface area contributed by atoms with Crippen LogP contribution in [0.3, 0.4) is 0 Å². The van der Waals surface area contributed by atoms with Gasteiger partial charge in [0.1, 0.15) is 0 Å². The van der Waals surface area contributed by atoms with Gasteiger partial charge in [-0.25, -0.2) is 8.42 Å². The van der Waals surface area contributed by atoms with E-state index in [1.807, 2.05) is 0 Å². The van der Waals surface area contributed by atoms with Crippen molar-refractivity contribution in [1.82, 2.24) is 4.72 Å². The van der Waals surface area contributed by atoms with E-state index in [2.05, 4.69) is 10.6 Å². The predicted octanol–water partition coefficient (Wildman–Crippen LogP) is 1.73. The summed E-state index contributed by atoms with van der Waals surface area (Å²) in [6.45, 7) is 4.25. The van der Waals surface area contributed by atoms with Crippen molar-refractivity contribution < 1.29 is 17.7 Å². The van der Waals surface area contributed by atoms with Gasteiger partial charge in [-0.15, -0.1) is 6.42 Å². The molecule has 0 spiro atoms. The molecular formula is C12H13FN2O4S. The first-order chi connectivity index (χ1) is 9.00. The van der Waals surface area contributed by atoms with Crippen LogP contribution in [0.4, 0.5) is 10.1 Å². The Kier molecular flexibility index (Phi) is 4.17. The summed E-state index contributed by atoms with van der Waals surface area (Å²) in [5, 5.41) is 10.7. The Labute approximate surface area is 116 Å². The van der Waals surface area contributed by atoms with Gasteiger partial charge in [0.05, 0.1) is 15.4 Å². The Bertz CT molecular complexity index is 705. The number of halogens is 1. The third-order valence-corrected chi connectivity index (χ3v) is 4.28. The van der Waals surface area contributed by atoms with Crippen molar-refractivity contribution >= 4 is 15.7 Å². The molecule has 0 saturated carbocycles. The fraction of sp³-hybridized carbons (Fsp3) is 0.333. The molecule has 0 heterocycles. The van der Waals surface area contributed by atoms with Crippen molar-refractivity contribution in [3.8, 4) is 12.3 Å². The fourth-order valence-electron chi connectivity index (χ4n) is 1.49. The zero-order valence-corrected chi connectivity index (χ0v) is 11.9. The summed E-state index contributed by atoms with van der Waals surface area (Å²) in [5.74, 6) is 1.14. The smallest absolute Gasteiger partial charge is 0.258 e.